The molecule has 3 nitrogen and oxygen atoms in total. The van der Waals surface area contributed by atoms with Crippen LogP contribution in [0, 0.1) is 23.5 Å². The number of nitrogen functional groups attached to an aromatic ring is 1. The van der Waals surface area contributed by atoms with Gasteiger partial charge in [0, 0.05) is 11.6 Å². The topological polar surface area (TPSA) is 69.1 Å². The average molecular weight is 196 g/mol. The highest BCUT2D eigenvalue weighted by Gasteiger charge is 2.07. The number of hydrogen-bond acceptors (Lipinski definition) is 2. The van der Waals surface area contributed by atoms with E-state index in [9.17, 15) is 13.6 Å². The van der Waals surface area contributed by atoms with Gasteiger partial charge in [0.2, 0.25) is 0 Å². The van der Waals surface area contributed by atoms with Gasteiger partial charge in [0.25, 0.3) is 5.91 Å². The molecule has 0 aromatic heterocycles. The predicted molar refractivity (Wildman–Crippen MR) is 46.8 cm³/mol. The fraction of sp³-hybridized carbons (Fsp3) is 0. The number of carbonyl (C=O) groups excluding carboxylic acids is 1. The van der Waals surface area contributed by atoms with Crippen LogP contribution in [-0.2, 0) is 4.79 Å². The number of carbonyl (C=O) groups is 1. The first kappa shape index (κ1) is 9.99. The molecule has 4 N–H and O–H groups in total. The van der Waals surface area contributed by atoms with E-state index in [1.54, 1.807) is 0 Å². The van der Waals surface area contributed by atoms with Crippen molar-refractivity contribution in [2.24, 2.45) is 5.73 Å². The summed E-state index contributed by atoms with van der Waals surface area (Å²) in [6, 6.07) is 1.82. The highest BCUT2D eigenvalue weighted by atomic mass is 19.1. The molecule has 0 unspecified atom stereocenters. The zero-order valence-corrected chi connectivity index (χ0v) is 6.97. The summed E-state index contributed by atoms with van der Waals surface area (Å²) in [5.41, 5.74) is 9.29. The highest BCUT2D eigenvalue weighted by Crippen LogP contribution is 2.15. The van der Waals surface area contributed by atoms with E-state index in [4.69, 9.17) is 5.73 Å². The van der Waals surface area contributed by atoms with Gasteiger partial charge in [-0.1, -0.05) is 5.92 Å². The molecule has 0 radical (unpaired) electrons. The van der Waals surface area contributed by atoms with E-state index in [-0.39, 0.29) is 5.69 Å². The number of benzene rings is 1. The first-order valence-corrected chi connectivity index (χ1v) is 3.56. The Bertz CT molecular complexity index is 423. The Morgan fingerprint density at radius 3 is 2.21 bits per heavy atom. The standard InChI is InChI=1S/C9H6F2N2O/c10-7-3-5(12)4-8(11)6(7)1-2-9(13)14/h3-4H,12H2,(H2,13,14). The highest BCUT2D eigenvalue weighted by molar-refractivity contribution is 5.92. The van der Waals surface area contributed by atoms with E-state index < -0.39 is 23.1 Å². The van der Waals surface area contributed by atoms with Crippen LogP contribution in [0.1, 0.15) is 5.56 Å². The molecule has 1 aromatic carbocycles. The van der Waals surface area contributed by atoms with Crippen LogP contribution in [0.3, 0.4) is 0 Å². The van der Waals surface area contributed by atoms with Crippen LogP contribution in [0.2, 0.25) is 0 Å². The molecule has 0 aliphatic carbocycles. The van der Waals surface area contributed by atoms with E-state index in [2.05, 4.69) is 5.73 Å². The molecule has 0 fully saturated rings. The van der Waals surface area contributed by atoms with Crippen LogP contribution < -0.4 is 11.5 Å². The fourth-order valence-electron chi connectivity index (χ4n) is 0.836. The Morgan fingerprint density at radius 2 is 1.79 bits per heavy atom. The second-order valence-corrected chi connectivity index (χ2v) is 2.47. The van der Waals surface area contributed by atoms with Gasteiger partial charge in [0.1, 0.15) is 11.6 Å². The minimum absolute atomic E-state index is 0.0513. The van der Waals surface area contributed by atoms with Gasteiger partial charge in [-0.3, -0.25) is 4.79 Å². The summed E-state index contributed by atoms with van der Waals surface area (Å²) < 4.78 is 26.0. The van der Waals surface area contributed by atoms with E-state index >= 15 is 0 Å². The molecule has 1 rings (SSSR count). The second-order valence-electron chi connectivity index (χ2n) is 2.47. The number of primary amides is 1. The van der Waals surface area contributed by atoms with Crippen molar-refractivity contribution >= 4 is 11.6 Å². The molecule has 72 valence electrons. The van der Waals surface area contributed by atoms with Crippen molar-refractivity contribution in [3.05, 3.63) is 29.3 Å². The largest absolute Gasteiger partial charge is 0.399 e. The van der Waals surface area contributed by atoms with Crippen LogP contribution in [-0.4, -0.2) is 5.91 Å². The van der Waals surface area contributed by atoms with E-state index in [1.165, 1.54) is 0 Å². The van der Waals surface area contributed by atoms with E-state index in [1.807, 2.05) is 11.8 Å². The summed E-state index contributed by atoms with van der Waals surface area (Å²) in [7, 11) is 0. The molecule has 0 atom stereocenters. The fourth-order valence-corrected chi connectivity index (χ4v) is 0.836. The van der Waals surface area contributed by atoms with Crippen LogP contribution in [0.25, 0.3) is 0 Å². The Labute approximate surface area is 78.7 Å². The summed E-state index contributed by atoms with van der Waals surface area (Å²) in [6.07, 6.45) is 0. The number of rotatable bonds is 0. The molecular formula is C9H6F2N2O. The zero-order valence-electron chi connectivity index (χ0n) is 6.97. The number of hydrogen-bond donors (Lipinski definition) is 2. The lowest BCUT2D eigenvalue weighted by molar-refractivity contribution is -0.112. The average Bonchev–Trinajstić information content (AvgIpc) is 2.01. The number of nitrogens with two attached hydrogens (primary N) is 2. The van der Waals surface area contributed by atoms with Gasteiger partial charge in [-0.05, 0) is 12.1 Å². The maximum absolute atomic E-state index is 13.0. The minimum atomic E-state index is -0.958. The summed E-state index contributed by atoms with van der Waals surface area (Å²) >= 11 is 0. The number of amides is 1. The van der Waals surface area contributed by atoms with Crippen LogP contribution >= 0.6 is 0 Å². The van der Waals surface area contributed by atoms with Crippen LogP contribution in [0.4, 0.5) is 14.5 Å². The molecule has 1 aromatic rings. The molecule has 0 aliphatic heterocycles. The monoisotopic (exact) mass is 196 g/mol. The molecular weight excluding hydrogens is 190 g/mol. The third-order valence-electron chi connectivity index (χ3n) is 1.38. The minimum Gasteiger partial charge on any atom is -0.399 e. The third-order valence-corrected chi connectivity index (χ3v) is 1.38. The molecule has 14 heavy (non-hydrogen) atoms. The second kappa shape index (κ2) is 3.75. The lowest BCUT2D eigenvalue weighted by Crippen LogP contribution is -2.06. The van der Waals surface area contributed by atoms with E-state index in [0.717, 1.165) is 12.1 Å². The van der Waals surface area contributed by atoms with Crippen molar-refractivity contribution in [3.8, 4) is 11.8 Å². The van der Waals surface area contributed by atoms with E-state index in [0.29, 0.717) is 0 Å². The Morgan fingerprint density at radius 1 is 1.29 bits per heavy atom. The van der Waals surface area contributed by atoms with Crippen LogP contribution in [0.5, 0.6) is 0 Å². The summed E-state index contributed by atoms with van der Waals surface area (Å²) in [5, 5.41) is 0. The quantitative estimate of drug-likeness (QED) is 0.465. The van der Waals surface area contributed by atoms with Gasteiger partial charge in [0.15, 0.2) is 0 Å². The first-order valence-electron chi connectivity index (χ1n) is 3.56. The predicted octanol–water partition coefficient (Wildman–Crippen LogP) is 0.384. The Balaban J connectivity index is 3.24. The normalized spacial score (nSPS) is 9.00. The molecule has 0 spiro atoms. The zero-order chi connectivity index (χ0) is 10.7. The summed E-state index contributed by atoms with van der Waals surface area (Å²) in [4.78, 5) is 10.2. The lowest BCUT2D eigenvalue weighted by Gasteiger charge is -1.98. The van der Waals surface area contributed by atoms with Gasteiger partial charge in [-0.15, -0.1) is 0 Å². The molecule has 0 aliphatic rings. The van der Waals surface area contributed by atoms with Crippen molar-refractivity contribution < 1.29 is 13.6 Å². The van der Waals surface area contributed by atoms with Crippen molar-refractivity contribution in [2.45, 2.75) is 0 Å². The van der Waals surface area contributed by atoms with Crippen molar-refractivity contribution in [3.63, 3.8) is 0 Å². The van der Waals surface area contributed by atoms with Gasteiger partial charge >= 0.3 is 0 Å². The first-order chi connectivity index (χ1) is 6.50. The van der Waals surface area contributed by atoms with Crippen LogP contribution in [0.15, 0.2) is 12.1 Å². The molecule has 0 bridgehead atoms. The van der Waals surface area contributed by atoms with Crippen molar-refractivity contribution in [1.29, 1.82) is 0 Å². The molecule has 0 heterocycles. The lowest BCUT2D eigenvalue weighted by atomic mass is 10.2. The van der Waals surface area contributed by atoms with Crippen molar-refractivity contribution in [1.82, 2.24) is 0 Å². The third kappa shape index (κ3) is 2.20. The van der Waals surface area contributed by atoms with Gasteiger partial charge in [-0.25, -0.2) is 8.78 Å². The molecule has 5 heteroatoms. The maximum Gasteiger partial charge on any atom is 0.293 e. The molecule has 0 saturated carbocycles. The SMILES string of the molecule is NC(=O)C#Cc1c(F)cc(N)cc1F. The Kier molecular flexibility index (Phi) is 2.67. The summed E-state index contributed by atoms with van der Waals surface area (Å²) in [5.74, 6) is 1.01. The molecule has 1 amide bonds. The van der Waals surface area contributed by atoms with Gasteiger partial charge < -0.3 is 11.5 Å². The number of halogens is 2. The van der Waals surface area contributed by atoms with Gasteiger partial charge in [0.05, 0.1) is 5.56 Å². The van der Waals surface area contributed by atoms with Crippen molar-refractivity contribution in [2.75, 3.05) is 5.73 Å². The summed E-state index contributed by atoms with van der Waals surface area (Å²) in [6.45, 7) is 0. The maximum atomic E-state index is 13.0. The smallest absolute Gasteiger partial charge is 0.293 e. The van der Waals surface area contributed by atoms with Gasteiger partial charge in [-0.2, -0.15) is 0 Å². The number of anilines is 1. The molecule has 0 saturated heterocycles. The Hall–Kier alpha value is -2.09.